The minimum Gasteiger partial charge on any atom is -0.305 e. The molecule has 3 nitrogen and oxygen atoms in total. The summed E-state index contributed by atoms with van der Waals surface area (Å²) in [6, 6.07) is 5.89. The van der Waals surface area contributed by atoms with Crippen molar-refractivity contribution in [2.45, 2.75) is 51.1 Å². The van der Waals surface area contributed by atoms with Crippen LogP contribution in [0.4, 0.5) is 4.39 Å². The molecule has 2 heterocycles. The van der Waals surface area contributed by atoms with Crippen molar-refractivity contribution in [1.29, 1.82) is 0 Å². The van der Waals surface area contributed by atoms with E-state index in [1.807, 2.05) is 10.7 Å². The molecule has 0 N–H and O–H groups in total. The number of alkyl halides is 1. The average molecular weight is 296 g/mol. The molecule has 1 aliphatic heterocycles. The Morgan fingerprint density at radius 3 is 2.65 bits per heavy atom. The minimum absolute atomic E-state index is 0.282. The van der Waals surface area contributed by atoms with Gasteiger partial charge in [-0.3, -0.25) is 0 Å². The second-order valence-electron chi connectivity index (χ2n) is 5.59. The Morgan fingerprint density at radius 2 is 2.00 bits per heavy atom. The minimum atomic E-state index is -0.287. The molecule has 1 saturated heterocycles. The SMILES string of the molecule is CC1CCCC(C)N1n1c(CCl)nc2c(F)cccc21. The molecule has 1 aliphatic rings. The molecule has 0 spiro atoms. The van der Waals surface area contributed by atoms with Crippen molar-refractivity contribution in [3.05, 3.63) is 29.8 Å². The lowest BCUT2D eigenvalue weighted by atomic mass is 10.00. The maximum atomic E-state index is 13.9. The lowest BCUT2D eigenvalue weighted by Crippen LogP contribution is -2.51. The number of imidazole rings is 1. The van der Waals surface area contributed by atoms with Crippen LogP contribution in [0, 0.1) is 5.82 Å². The fraction of sp³-hybridized carbons (Fsp3) is 0.533. The summed E-state index contributed by atoms with van der Waals surface area (Å²) in [6.07, 6.45) is 3.51. The molecule has 0 radical (unpaired) electrons. The van der Waals surface area contributed by atoms with E-state index in [0.29, 0.717) is 23.4 Å². The van der Waals surface area contributed by atoms with Crippen molar-refractivity contribution in [1.82, 2.24) is 9.66 Å². The summed E-state index contributed by atoms with van der Waals surface area (Å²) >= 11 is 6.04. The number of hydrogen-bond donors (Lipinski definition) is 0. The van der Waals surface area contributed by atoms with E-state index in [9.17, 15) is 4.39 Å². The van der Waals surface area contributed by atoms with Gasteiger partial charge >= 0.3 is 0 Å². The van der Waals surface area contributed by atoms with E-state index in [-0.39, 0.29) is 11.7 Å². The van der Waals surface area contributed by atoms with Crippen LogP contribution in [0.3, 0.4) is 0 Å². The fourth-order valence-electron chi connectivity index (χ4n) is 3.25. The topological polar surface area (TPSA) is 21.1 Å². The molecule has 1 aromatic carbocycles. The first kappa shape index (κ1) is 13.7. The molecule has 1 fully saturated rings. The molecule has 2 unspecified atom stereocenters. The number of halogens is 2. The van der Waals surface area contributed by atoms with E-state index >= 15 is 0 Å². The van der Waals surface area contributed by atoms with E-state index in [0.717, 1.165) is 18.4 Å². The Kier molecular flexibility index (Phi) is 3.59. The van der Waals surface area contributed by atoms with Crippen molar-refractivity contribution in [2.75, 3.05) is 5.01 Å². The van der Waals surface area contributed by atoms with Gasteiger partial charge in [0.2, 0.25) is 0 Å². The average Bonchev–Trinajstić information content (AvgIpc) is 2.79. The smallest absolute Gasteiger partial charge is 0.151 e. The summed E-state index contributed by atoms with van der Waals surface area (Å²) in [7, 11) is 0. The molecule has 0 saturated carbocycles. The van der Waals surface area contributed by atoms with Gasteiger partial charge in [-0.05, 0) is 45.2 Å². The molecule has 0 aliphatic carbocycles. The van der Waals surface area contributed by atoms with Crippen LogP contribution in [-0.4, -0.2) is 21.7 Å². The quantitative estimate of drug-likeness (QED) is 0.786. The number of para-hydroxylation sites is 1. The Morgan fingerprint density at radius 1 is 1.30 bits per heavy atom. The highest BCUT2D eigenvalue weighted by molar-refractivity contribution is 6.16. The zero-order valence-electron chi connectivity index (χ0n) is 11.8. The highest BCUT2D eigenvalue weighted by Gasteiger charge is 2.28. The third-order valence-corrected chi connectivity index (χ3v) is 4.42. The van der Waals surface area contributed by atoms with Gasteiger partial charge in [-0.15, -0.1) is 11.6 Å². The van der Waals surface area contributed by atoms with Gasteiger partial charge in [-0.2, -0.15) is 0 Å². The van der Waals surface area contributed by atoms with Gasteiger partial charge in [0.25, 0.3) is 0 Å². The molecule has 2 atom stereocenters. The van der Waals surface area contributed by atoms with Crippen molar-refractivity contribution in [2.24, 2.45) is 0 Å². The summed E-state index contributed by atoms with van der Waals surface area (Å²) in [6.45, 7) is 4.41. The fourth-order valence-corrected chi connectivity index (χ4v) is 3.42. The van der Waals surface area contributed by atoms with Gasteiger partial charge in [-0.25, -0.2) is 14.1 Å². The first-order valence-corrected chi connectivity index (χ1v) is 7.67. The van der Waals surface area contributed by atoms with Gasteiger partial charge in [0.05, 0.1) is 11.4 Å². The molecule has 20 heavy (non-hydrogen) atoms. The lowest BCUT2D eigenvalue weighted by molar-refractivity contribution is 0.337. The summed E-state index contributed by atoms with van der Waals surface area (Å²) in [4.78, 5) is 4.39. The molecule has 3 rings (SSSR count). The van der Waals surface area contributed by atoms with Gasteiger partial charge < -0.3 is 5.01 Å². The number of benzene rings is 1. The van der Waals surface area contributed by atoms with E-state index < -0.39 is 0 Å². The maximum Gasteiger partial charge on any atom is 0.151 e. The summed E-state index contributed by atoms with van der Waals surface area (Å²) in [5.41, 5.74) is 1.22. The first-order chi connectivity index (χ1) is 9.63. The Hall–Kier alpha value is -1.29. The monoisotopic (exact) mass is 295 g/mol. The van der Waals surface area contributed by atoms with Crippen molar-refractivity contribution in [3.8, 4) is 0 Å². The molecule has 1 aromatic heterocycles. The summed E-state index contributed by atoms with van der Waals surface area (Å²) < 4.78 is 16.0. The number of hydrogen-bond acceptors (Lipinski definition) is 2. The zero-order valence-corrected chi connectivity index (χ0v) is 12.6. The normalized spacial score (nSPS) is 23.5. The van der Waals surface area contributed by atoms with E-state index in [1.165, 1.54) is 12.5 Å². The van der Waals surface area contributed by atoms with Crippen LogP contribution in [0.15, 0.2) is 18.2 Å². The van der Waals surface area contributed by atoms with Crippen LogP contribution in [0.25, 0.3) is 11.0 Å². The van der Waals surface area contributed by atoms with Gasteiger partial charge in [-0.1, -0.05) is 6.07 Å². The van der Waals surface area contributed by atoms with Crippen LogP contribution in [-0.2, 0) is 5.88 Å². The highest BCUT2D eigenvalue weighted by Crippen LogP contribution is 2.27. The lowest BCUT2D eigenvalue weighted by Gasteiger charge is -2.42. The van der Waals surface area contributed by atoms with Crippen molar-refractivity contribution < 1.29 is 4.39 Å². The largest absolute Gasteiger partial charge is 0.305 e. The number of aromatic nitrogens is 2. The van der Waals surface area contributed by atoms with Crippen molar-refractivity contribution in [3.63, 3.8) is 0 Å². The number of fused-ring (bicyclic) bond motifs is 1. The van der Waals surface area contributed by atoms with Gasteiger partial charge in [0.1, 0.15) is 11.3 Å². The maximum absolute atomic E-state index is 13.9. The predicted molar refractivity (Wildman–Crippen MR) is 80.2 cm³/mol. The number of rotatable bonds is 2. The first-order valence-electron chi connectivity index (χ1n) is 7.14. The van der Waals surface area contributed by atoms with Crippen LogP contribution in [0.1, 0.15) is 38.9 Å². The third-order valence-electron chi connectivity index (χ3n) is 4.18. The summed E-state index contributed by atoms with van der Waals surface area (Å²) in [5, 5.41) is 2.30. The summed E-state index contributed by atoms with van der Waals surface area (Å²) in [5.74, 6) is 0.710. The van der Waals surface area contributed by atoms with Crippen molar-refractivity contribution >= 4 is 22.6 Å². The zero-order chi connectivity index (χ0) is 14.3. The molecule has 0 bridgehead atoms. The third kappa shape index (κ3) is 2.06. The molecule has 0 amide bonds. The molecular formula is C15H19ClFN3. The molecular weight excluding hydrogens is 277 g/mol. The van der Waals surface area contributed by atoms with Crippen LogP contribution in [0.2, 0.25) is 0 Å². The predicted octanol–water partition coefficient (Wildman–Crippen LogP) is 3.81. The second-order valence-corrected chi connectivity index (χ2v) is 5.86. The van der Waals surface area contributed by atoms with Crippen LogP contribution < -0.4 is 5.01 Å². The Bertz CT molecular complexity index is 615. The molecule has 108 valence electrons. The van der Waals surface area contributed by atoms with E-state index in [4.69, 9.17) is 11.6 Å². The van der Waals surface area contributed by atoms with Gasteiger partial charge in [0, 0.05) is 12.1 Å². The van der Waals surface area contributed by atoms with Gasteiger partial charge in [0.15, 0.2) is 5.82 Å². The molecule has 5 heteroatoms. The Labute approximate surface area is 123 Å². The number of piperidine rings is 1. The van der Waals surface area contributed by atoms with Crippen LogP contribution >= 0.6 is 11.6 Å². The second kappa shape index (κ2) is 5.24. The van der Waals surface area contributed by atoms with E-state index in [2.05, 4.69) is 23.8 Å². The molecule has 2 aromatic rings. The number of nitrogens with zero attached hydrogens (tertiary/aromatic N) is 3. The van der Waals surface area contributed by atoms with Crippen LogP contribution in [0.5, 0.6) is 0 Å². The van der Waals surface area contributed by atoms with E-state index in [1.54, 1.807) is 6.07 Å². The standard InChI is InChI=1S/C15H19ClFN3/c1-10-5-3-6-11(2)19(10)20-13-8-4-7-12(17)15(13)18-14(20)9-16/h4,7-8,10-11H,3,5-6,9H2,1-2H3. The highest BCUT2D eigenvalue weighted by atomic mass is 35.5. The Balaban J connectivity index is 2.21.